The Bertz CT molecular complexity index is 1250. The minimum absolute atomic E-state index is 0.0812. The Balaban J connectivity index is 1.56. The number of urea groups is 1. The summed E-state index contributed by atoms with van der Waals surface area (Å²) in [6.07, 6.45) is 0.813. The fraction of sp³-hybridized carbons (Fsp3) is 0.130. The van der Waals surface area contributed by atoms with Gasteiger partial charge in [-0.25, -0.2) is 4.79 Å². The topological polar surface area (TPSA) is 68.2 Å². The lowest BCUT2D eigenvalue weighted by atomic mass is 10.1. The second-order valence-corrected chi connectivity index (χ2v) is 7.03. The number of alkyl halides is 3. The molecule has 0 saturated heterocycles. The van der Waals surface area contributed by atoms with Crippen LogP contribution in [0.5, 0.6) is 5.75 Å². The Labute approximate surface area is 181 Å². The minimum Gasteiger partial charge on any atom is -0.495 e. The van der Waals surface area contributed by atoms with Crippen molar-refractivity contribution in [2.24, 2.45) is 0 Å². The molecule has 0 saturated carbocycles. The van der Waals surface area contributed by atoms with E-state index in [0.29, 0.717) is 12.2 Å². The van der Waals surface area contributed by atoms with E-state index in [2.05, 4.69) is 15.6 Å². The molecule has 2 heterocycles. The summed E-state index contributed by atoms with van der Waals surface area (Å²) in [4.78, 5) is 16.6. The van der Waals surface area contributed by atoms with Crippen molar-refractivity contribution in [1.29, 1.82) is 0 Å². The van der Waals surface area contributed by atoms with Crippen LogP contribution in [0.1, 0.15) is 11.1 Å². The third-order valence-corrected chi connectivity index (χ3v) is 4.94. The zero-order valence-corrected chi connectivity index (χ0v) is 17.0. The number of fused-ring (bicyclic) bond motifs is 1. The highest BCUT2D eigenvalue weighted by Gasteiger charge is 2.31. The van der Waals surface area contributed by atoms with Gasteiger partial charge in [0, 0.05) is 30.5 Å². The van der Waals surface area contributed by atoms with Crippen molar-refractivity contribution in [2.45, 2.75) is 12.7 Å². The molecule has 2 aromatic carbocycles. The van der Waals surface area contributed by atoms with Gasteiger partial charge in [-0.3, -0.25) is 4.98 Å². The lowest BCUT2D eigenvalue weighted by Crippen LogP contribution is -2.20. The number of halogens is 3. The molecule has 2 aromatic heterocycles. The second kappa shape index (κ2) is 8.62. The highest BCUT2D eigenvalue weighted by atomic mass is 19.4. The molecule has 0 radical (unpaired) electrons. The number of aromatic nitrogens is 2. The maximum absolute atomic E-state index is 13.0. The first-order valence-corrected chi connectivity index (χ1v) is 9.65. The third-order valence-electron chi connectivity index (χ3n) is 4.94. The number of carbonyl (C=O) groups is 1. The lowest BCUT2D eigenvalue weighted by Gasteiger charge is -2.14. The molecule has 0 unspecified atom stereocenters. The van der Waals surface area contributed by atoms with Gasteiger partial charge < -0.3 is 19.9 Å². The van der Waals surface area contributed by atoms with Gasteiger partial charge >= 0.3 is 12.2 Å². The SMILES string of the molecule is COc1ccc(C(F)(F)F)cc1NC(=O)Nc1cccc2c1ccn2Cc1ccncc1. The zero-order chi connectivity index (χ0) is 22.7. The van der Waals surface area contributed by atoms with Gasteiger partial charge in [0.2, 0.25) is 0 Å². The first kappa shape index (κ1) is 21.2. The number of nitrogens with zero attached hydrogens (tertiary/aromatic N) is 2. The van der Waals surface area contributed by atoms with Gasteiger partial charge in [0.05, 0.1) is 29.6 Å². The summed E-state index contributed by atoms with van der Waals surface area (Å²) in [5, 5.41) is 5.95. The molecule has 0 aliphatic carbocycles. The van der Waals surface area contributed by atoms with Crippen molar-refractivity contribution in [1.82, 2.24) is 9.55 Å². The van der Waals surface area contributed by atoms with Crippen LogP contribution in [0.4, 0.5) is 29.3 Å². The van der Waals surface area contributed by atoms with Gasteiger partial charge in [-0.2, -0.15) is 13.2 Å². The number of rotatable bonds is 5. The molecule has 4 rings (SSSR count). The molecular formula is C23H19F3N4O2. The third kappa shape index (κ3) is 4.51. The molecule has 2 amide bonds. The van der Waals surface area contributed by atoms with E-state index >= 15 is 0 Å². The van der Waals surface area contributed by atoms with E-state index in [1.807, 2.05) is 35.0 Å². The van der Waals surface area contributed by atoms with Crippen LogP contribution in [-0.4, -0.2) is 22.7 Å². The maximum atomic E-state index is 13.0. The summed E-state index contributed by atoms with van der Waals surface area (Å²) >= 11 is 0. The van der Waals surface area contributed by atoms with E-state index in [-0.39, 0.29) is 11.4 Å². The first-order valence-electron chi connectivity index (χ1n) is 9.65. The Morgan fingerprint density at radius 2 is 1.78 bits per heavy atom. The van der Waals surface area contributed by atoms with Crippen molar-refractivity contribution >= 4 is 28.3 Å². The molecule has 164 valence electrons. The van der Waals surface area contributed by atoms with Gasteiger partial charge in [0.25, 0.3) is 0 Å². The van der Waals surface area contributed by atoms with Gasteiger partial charge in [0.15, 0.2) is 0 Å². The summed E-state index contributed by atoms with van der Waals surface area (Å²) in [5.74, 6) is 0.120. The van der Waals surface area contributed by atoms with E-state index in [1.165, 1.54) is 13.2 Å². The normalized spacial score (nSPS) is 11.4. The zero-order valence-electron chi connectivity index (χ0n) is 17.0. The van der Waals surface area contributed by atoms with Crippen molar-refractivity contribution in [3.05, 3.63) is 84.3 Å². The number of methoxy groups -OCH3 is 1. The number of pyridine rings is 1. The van der Waals surface area contributed by atoms with Crippen molar-refractivity contribution < 1.29 is 22.7 Å². The van der Waals surface area contributed by atoms with Crippen LogP contribution in [-0.2, 0) is 12.7 Å². The highest BCUT2D eigenvalue weighted by molar-refractivity contribution is 6.06. The van der Waals surface area contributed by atoms with Crippen molar-refractivity contribution in [3.63, 3.8) is 0 Å². The summed E-state index contributed by atoms with van der Waals surface area (Å²) in [6, 6.07) is 13.4. The van der Waals surface area contributed by atoms with E-state index < -0.39 is 17.8 Å². The van der Waals surface area contributed by atoms with E-state index in [9.17, 15) is 18.0 Å². The molecule has 0 bridgehead atoms. The number of nitrogens with one attached hydrogen (secondary N) is 2. The van der Waals surface area contributed by atoms with Crippen LogP contribution in [0, 0.1) is 0 Å². The Morgan fingerprint density at radius 1 is 1.03 bits per heavy atom. The average molecular weight is 440 g/mol. The molecule has 4 aromatic rings. The van der Waals surface area contributed by atoms with Crippen LogP contribution in [0.15, 0.2) is 73.2 Å². The molecule has 0 aliphatic rings. The van der Waals surface area contributed by atoms with Gasteiger partial charge in [-0.1, -0.05) is 6.07 Å². The van der Waals surface area contributed by atoms with Crippen LogP contribution in [0.25, 0.3) is 10.9 Å². The minimum atomic E-state index is -4.54. The summed E-state index contributed by atoms with van der Waals surface area (Å²) < 4.78 is 46.2. The molecule has 9 heteroatoms. The lowest BCUT2D eigenvalue weighted by molar-refractivity contribution is -0.137. The Kier molecular flexibility index (Phi) is 5.72. The fourth-order valence-corrected chi connectivity index (χ4v) is 3.41. The van der Waals surface area contributed by atoms with Crippen molar-refractivity contribution in [2.75, 3.05) is 17.7 Å². The average Bonchev–Trinajstić information content (AvgIpc) is 3.17. The molecule has 0 aliphatic heterocycles. The number of ether oxygens (including phenoxy) is 1. The van der Waals surface area contributed by atoms with Crippen LogP contribution >= 0.6 is 0 Å². The number of amides is 2. The predicted molar refractivity (Wildman–Crippen MR) is 116 cm³/mol. The van der Waals surface area contributed by atoms with Crippen LogP contribution in [0.3, 0.4) is 0 Å². The van der Waals surface area contributed by atoms with Gasteiger partial charge in [-0.15, -0.1) is 0 Å². The molecule has 6 nitrogen and oxygen atoms in total. The molecular weight excluding hydrogens is 421 g/mol. The number of hydrogen-bond donors (Lipinski definition) is 2. The van der Waals surface area contributed by atoms with E-state index in [4.69, 9.17) is 4.74 Å². The number of benzene rings is 2. The number of carbonyl (C=O) groups excluding carboxylic acids is 1. The summed E-state index contributed by atoms with van der Waals surface area (Å²) in [7, 11) is 1.32. The molecule has 0 atom stereocenters. The Hall–Kier alpha value is -4.01. The van der Waals surface area contributed by atoms with E-state index in [0.717, 1.165) is 28.6 Å². The molecule has 0 spiro atoms. The van der Waals surface area contributed by atoms with Crippen LogP contribution < -0.4 is 15.4 Å². The summed E-state index contributed by atoms with van der Waals surface area (Å²) in [6.45, 7) is 0.628. The predicted octanol–water partition coefficient (Wildman–Crippen LogP) is 5.76. The van der Waals surface area contributed by atoms with Crippen molar-refractivity contribution in [3.8, 4) is 5.75 Å². The molecule has 0 fully saturated rings. The monoisotopic (exact) mass is 440 g/mol. The fourth-order valence-electron chi connectivity index (χ4n) is 3.41. The Morgan fingerprint density at radius 3 is 2.50 bits per heavy atom. The first-order chi connectivity index (χ1) is 15.3. The molecule has 32 heavy (non-hydrogen) atoms. The smallest absolute Gasteiger partial charge is 0.416 e. The van der Waals surface area contributed by atoms with Crippen LogP contribution in [0.2, 0.25) is 0 Å². The highest BCUT2D eigenvalue weighted by Crippen LogP contribution is 2.35. The second-order valence-electron chi connectivity index (χ2n) is 7.03. The number of anilines is 2. The summed E-state index contributed by atoms with van der Waals surface area (Å²) in [5.41, 5.74) is 1.53. The maximum Gasteiger partial charge on any atom is 0.416 e. The standard InChI is InChI=1S/C23H19F3N4O2/c1-32-21-6-5-16(23(24,25)26)13-19(21)29-22(31)28-18-3-2-4-20-17(18)9-12-30(20)14-15-7-10-27-11-8-15/h2-13H,14H2,1H3,(H2,28,29,31). The number of hydrogen-bond acceptors (Lipinski definition) is 3. The largest absolute Gasteiger partial charge is 0.495 e. The van der Waals surface area contributed by atoms with E-state index in [1.54, 1.807) is 24.5 Å². The quantitative estimate of drug-likeness (QED) is 0.415. The molecule has 2 N–H and O–H groups in total. The van der Waals surface area contributed by atoms with Gasteiger partial charge in [0.1, 0.15) is 5.75 Å². The van der Waals surface area contributed by atoms with Gasteiger partial charge in [-0.05, 0) is 54.1 Å².